The molecular weight excluding hydrogens is 269 g/mol. The zero-order valence-electron chi connectivity index (χ0n) is 13.2. The fraction of sp³-hybridized carbons (Fsp3) is 0.733. The molecule has 0 aliphatic carbocycles. The standard InChI is InChI=1S/C15H26FN5/c1-4-7-17-14-18-10-12(16)13(20-14)19-11-15(2)5-8-21(3)9-6-15/h10H,4-9,11H2,1-3H3,(H2,17,18,19,20). The first-order chi connectivity index (χ1) is 10.0. The van der Waals surface area contributed by atoms with Gasteiger partial charge in [0.25, 0.3) is 0 Å². The lowest BCUT2D eigenvalue weighted by molar-refractivity contribution is 0.150. The van der Waals surface area contributed by atoms with E-state index in [1.807, 2.05) is 0 Å². The first-order valence-electron chi connectivity index (χ1n) is 7.71. The number of nitrogens with one attached hydrogen (secondary N) is 2. The largest absolute Gasteiger partial charge is 0.367 e. The summed E-state index contributed by atoms with van der Waals surface area (Å²) in [5.41, 5.74) is 0.195. The Labute approximate surface area is 126 Å². The molecule has 21 heavy (non-hydrogen) atoms. The van der Waals surface area contributed by atoms with Gasteiger partial charge in [-0.15, -0.1) is 0 Å². The van der Waals surface area contributed by atoms with E-state index in [-0.39, 0.29) is 5.41 Å². The average Bonchev–Trinajstić information content (AvgIpc) is 2.48. The predicted molar refractivity (Wildman–Crippen MR) is 84.1 cm³/mol. The number of halogens is 1. The van der Waals surface area contributed by atoms with Crippen LogP contribution < -0.4 is 10.6 Å². The van der Waals surface area contributed by atoms with Crippen molar-refractivity contribution < 1.29 is 4.39 Å². The maximum Gasteiger partial charge on any atom is 0.224 e. The zero-order chi connectivity index (χ0) is 15.3. The Morgan fingerprint density at radius 2 is 2.05 bits per heavy atom. The van der Waals surface area contributed by atoms with Crippen molar-refractivity contribution in [3.8, 4) is 0 Å². The molecule has 2 rings (SSSR count). The number of nitrogens with zero attached hydrogens (tertiary/aromatic N) is 3. The van der Waals surface area contributed by atoms with E-state index in [1.165, 1.54) is 6.20 Å². The molecule has 1 aliphatic heterocycles. The molecule has 0 spiro atoms. The highest BCUT2D eigenvalue weighted by molar-refractivity contribution is 5.41. The van der Waals surface area contributed by atoms with Gasteiger partial charge in [-0.3, -0.25) is 0 Å². The van der Waals surface area contributed by atoms with Gasteiger partial charge >= 0.3 is 0 Å². The normalized spacial score (nSPS) is 18.5. The van der Waals surface area contributed by atoms with Gasteiger partial charge in [-0.1, -0.05) is 13.8 Å². The highest BCUT2D eigenvalue weighted by atomic mass is 19.1. The van der Waals surface area contributed by atoms with Gasteiger partial charge in [0.15, 0.2) is 11.6 Å². The number of aromatic nitrogens is 2. The predicted octanol–water partition coefficient (Wildman–Crippen LogP) is 2.58. The molecule has 0 unspecified atom stereocenters. The van der Waals surface area contributed by atoms with Crippen molar-refractivity contribution in [2.45, 2.75) is 33.1 Å². The SMILES string of the molecule is CCCNc1ncc(F)c(NCC2(C)CCN(C)CC2)n1. The molecular formula is C15H26FN5. The molecule has 5 nitrogen and oxygen atoms in total. The van der Waals surface area contributed by atoms with E-state index in [2.05, 4.69) is 46.4 Å². The number of piperidine rings is 1. The van der Waals surface area contributed by atoms with E-state index in [9.17, 15) is 4.39 Å². The van der Waals surface area contributed by atoms with Crippen LogP contribution >= 0.6 is 0 Å². The van der Waals surface area contributed by atoms with E-state index in [0.29, 0.717) is 11.8 Å². The second-order valence-electron chi connectivity index (χ2n) is 6.28. The molecule has 1 aromatic heterocycles. The molecule has 0 radical (unpaired) electrons. The smallest absolute Gasteiger partial charge is 0.224 e. The second-order valence-corrected chi connectivity index (χ2v) is 6.28. The van der Waals surface area contributed by atoms with Gasteiger partial charge in [0.1, 0.15) is 0 Å². The van der Waals surface area contributed by atoms with Crippen LogP contribution in [0.2, 0.25) is 0 Å². The summed E-state index contributed by atoms with van der Waals surface area (Å²) in [6.45, 7) is 8.03. The molecule has 2 heterocycles. The Kier molecular flexibility index (Phi) is 5.33. The minimum atomic E-state index is -0.395. The molecule has 0 aromatic carbocycles. The molecule has 1 fully saturated rings. The maximum atomic E-state index is 13.8. The van der Waals surface area contributed by atoms with Crippen molar-refractivity contribution in [1.82, 2.24) is 14.9 Å². The van der Waals surface area contributed by atoms with Crippen molar-refractivity contribution in [2.24, 2.45) is 5.41 Å². The average molecular weight is 295 g/mol. The molecule has 0 amide bonds. The Morgan fingerprint density at radius 1 is 1.33 bits per heavy atom. The van der Waals surface area contributed by atoms with E-state index < -0.39 is 5.82 Å². The molecule has 2 N–H and O–H groups in total. The molecule has 0 bridgehead atoms. The zero-order valence-corrected chi connectivity index (χ0v) is 13.2. The van der Waals surface area contributed by atoms with Crippen LogP contribution in [0.15, 0.2) is 6.20 Å². The summed E-state index contributed by atoms with van der Waals surface area (Å²) in [6.07, 6.45) is 4.44. The Hall–Kier alpha value is -1.43. The fourth-order valence-electron chi connectivity index (χ4n) is 2.45. The van der Waals surface area contributed by atoms with Gasteiger partial charge in [0, 0.05) is 13.1 Å². The van der Waals surface area contributed by atoms with E-state index in [0.717, 1.165) is 45.4 Å². The highest BCUT2D eigenvalue weighted by Crippen LogP contribution is 2.30. The molecule has 1 aliphatic rings. The monoisotopic (exact) mass is 295 g/mol. The molecule has 6 heteroatoms. The molecule has 1 saturated heterocycles. The molecule has 1 aromatic rings. The van der Waals surface area contributed by atoms with Gasteiger partial charge in [-0.05, 0) is 44.8 Å². The summed E-state index contributed by atoms with van der Waals surface area (Å²) in [5.74, 6) is 0.381. The summed E-state index contributed by atoms with van der Waals surface area (Å²) in [4.78, 5) is 10.5. The Morgan fingerprint density at radius 3 is 2.71 bits per heavy atom. The second kappa shape index (κ2) is 7.02. The van der Waals surface area contributed by atoms with E-state index >= 15 is 0 Å². The van der Waals surface area contributed by atoms with Crippen molar-refractivity contribution >= 4 is 11.8 Å². The topological polar surface area (TPSA) is 53.1 Å². The van der Waals surface area contributed by atoms with Gasteiger partial charge in [0.05, 0.1) is 6.20 Å². The molecule has 0 saturated carbocycles. The number of hydrogen-bond donors (Lipinski definition) is 2. The van der Waals surface area contributed by atoms with Crippen molar-refractivity contribution in [3.05, 3.63) is 12.0 Å². The third-order valence-corrected chi connectivity index (χ3v) is 4.15. The lowest BCUT2D eigenvalue weighted by Gasteiger charge is -2.38. The maximum absolute atomic E-state index is 13.8. The third-order valence-electron chi connectivity index (χ3n) is 4.15. The fourth-order valence-corrected chi connectivity index (χ4v) is 2.45. The van der Waals surface area contributed by atoms with Crippen molar-refractivity contribution in [1.29, 1.82) is 0 Å². The first kappa shape index (κ1) is 15.9. The van der Waals surface area contributed by atoms with Crippen LogP contribution in [0.4, 0.5) is 16.2 Å². The molecule has 0 atom stereocenters. The number of rotatable bonds is 6. The summed E-state index contributed by atoms with van der Waals surface area (Å²) in [5, 5.41) is 6.25. The number of likely N-dealkylation sites (tertiary alicyclic amines) is 1. The minimum absolute atomic E-state index is 0.195. The lowest BCUT2D eigenvalue weighted by Crippen LogP contribution is -2.40. The van der Waals surface area contributed by atoms with E-state index in [4.69, 9.17) is 0 Å². The summed E-state index contributed by atoms with van der Waals surface area (Å²) >= 11 is 0. The molecule has 118 valence electrons. The van der Waals surface area contributed by atoms with Crippen LogP contribution in [0.5, 0.6) is 0 Å². The van der Waals surface area contributed by atoms with Crippen LogP contribution in [0, 0.1) is 11.2 Å². The van der Waals surface area contributed by atoms with Crippen LogP contribution in [0.3, 0.4) is 0 Å². The summed E-state index contributed by atoms with van der Waals surface area (Å²) < 4.78 is 13.8. The van der Waals surface area contributed by atoms with Crippen molar-refractivity contribution in [3.63, 3.8) is 0 Å². The van der Waals surface area contributed by atoms with Crippen LogP contribution in [0.1, 0.15) is 33.1 Å². The quantitative estimate of drug-likeness (QED) is 0.845. The van der Waals surface area contributed by atoms with Gasteiger partial charge in [-0.2, -0.15) is 4.98 Å². The minimum Gasteiger partial charge on any atom is -0.367 e. The van der Waals surface area contributed by atoms with Crippen LogP contribution in [0.25, 0.3) is 0 Å². The number of anilines is 2. The Bertz CT molecular complexity index is 457. The first-order valence-corrected chi connectivity index (χ1v) is 7.71. The highest BCUT2D eigenvalue weighted by Gasteiger charge is 2.29. The van der Waals surface area contributed by atoms with Gasteiger partial charge < -0.3 is 15.5 Å². The van der Waals surface area contributed by atoms with Gasteiger partial charge in [-0.25, -0.2) is 9.37 Å². The Balaban J connectivity index is 1.95. The summed E-state index contributed by atoms with van der Waals surface area (Å²) in [6, 6.07) is 0. The van der Waals surface area contributed by atoms with Crippen molar-refractivity contribution in [2.75, 3.05) is 43.9 Å². The van der Waals surface area contributed by atoms with Crippen LogP contribution in [-0.2, 0) is 0 Å². The van der Waals surface area contributed by atoms with E-state index in [1.54, 1.807) is 0 Å². The third kappa shape index (κ3) is 4.52. The van der Waals surface area contributed by atoms with Crippen LogP contribution in [-0.4, -0.2) is 48.1 Å². The lowest BCUT2D eigenvalue weighted by atomic mass is 9.80. The van der Waals surface area contributed by atoms with Gasteiger partial charge in [0.2, 0.25) is 5.95 Å². The summed E-state index contributed by atoms with van der Waals surface area (Å²) in [7, 11) is 2.14. The number of hydrogen-bond acceptors (Lipinski definition) is 5.